The van der Waals surface area contributed by atoms with Crippen molar-refractivity contribution in [3.05, 3.63) is 23.3 Å². The summed E-state index contributed by atoms with van der Waals surface area (Å²) in [6, 6.07) is 0. The zero-order chi connectivity index (χ0) is 39.9. The first-order valence-corrected chi connectivity index (χ1v) is 22.3. The second kappa shape index (κ2) is 13.0. The van der Waals surface area contributed by atoms with Crippen molar-refractivity contribution in [1.29, 1.82) is 0 Å². The number of aliphatic hydroxyl groups is 2. The average molecular weight is 763 g/mol. The quantitative estimate of drug-likeness (QED) is 0.139. The minimum absolute atomic E-state index is 0.0401. The first-order valence-electron chi connectivity index (χ1n) is 22.3. The number of carbonyl (C=O) groups excluding carboxylic acids is 1. The predicted molar refractivity (Wildman–Crippen MR) is 215 cm³/mol. The van der Waals surface area contributed by atoms with Crippen LogP contribution < -0.4 is 5.73 Å². The van der Waals surface area contributed by atoms with Gasteiger partial charge in [-0.05, 0) is 147 Å². The molecule has 1 aliphatic heterocycles. The molecule has 0 aromatic rings. The first kappa shape index (κ1) is 40.2. The van der Waals surface area contributed by atoms with E-state index in [9.17, 15) is 24.9 Å². The lowest BCUT2D eigenvalue weighted by Crippen LogP contribution is -2.76. The van der Waals surface area contributed by atoms with E-state index in [-0.39, 0.29) is 51.8 Å². The summed E-state index contributed by atoms with van der Waals surface area (Å²) in [6.45, 7) is 22.4. The molecule has 5 saturated carbocycles. The molecule has 12 unspecified atom stereocenters. The van der Waals surface area contributed by atoms with Crippen LogP contribution in [0, 0.1) is 73.9 Å². The molecule has 1 heterocycles. The Kier molecular flexibility index (Phi) is 9.47. The number of hydrogen-bond acceptors (Lipinski definition) is 7. The van der Waals surface area contributed by atoms with Crippen LogP contribution in [0.4, 0.5) is 0 Å². The van der Waals surface area contributed by atoms with Gasteiger partial charge in [0, 0.05) is 43.4 Å². The number of Topliss-reactive ketones (excluding diaryl/α,β-unsaturated/α-hetero) is 1. The zero-order valence-corrected chi connectivity index (χ0v) is 35.6. The van der Waals surface area contributed by atoms with Crippen LogP contribution in [0.25, 0.3) is 0 Å². The van der Waals surface area contributed by atoms with Gasteiger partial charge in [0.15, 0.2) is 12.1 Å². The van der Waals surface area contributed by atoms with Crippen LogP contribution in [-0.2, 0) is 14.3 Å². The second-order valence-electron chi connectivity index (χ2n) is 22.9. The maximum Gasteiger partial charge on any atom is 0.309 e. The lowest BCUT2D eigenvalue weighted by Gasteiger charge is -2.74. The van der Waals surface area contributed by atoms with Crippen LogP contribution >= 0.6 is 0 Å². The molecular weight excluding hydrogens is 689 g/mol. The fraction of sp³-hybridized carbons (Fsp3) is 0.872. The molecule has 308 valence electrons. The van der Waals surface area contributed by atoms with Gasteiger partial charge in [0.2, 0.25) is 0 Å². The van der Waals surface area contributed by atoms with Gasteiger partial charge < -0.3 is 25.8 Å². The van der Waals surface area contributed by atoms with E-state index in [1.807, 2.05) is 0 Å². The number of carboxylic acid groups (broad SMARTS) is 1. The third-order valence-electron chi connectivity index (χ3n) is 19.1. The number of carbonyl (C=O) groups is 2. The topological polar surface area (TPSA) is 133 Å². The number of ether oxygens (including phenoxy) is 1. The standard InChI is InChI=1S/C47H74N2O6/c1-27(2)38-34(50)22-46(35(51)26-49-24-29-11-10-28-20-31(28)32(29)25-49)19-18-44(8)33(39(38)46)13-17-47(48)43(7)15-14-36(55-37(52)23-42(5,6)40(53)54)41(3,4)21-30(43)12-16-45(44,47)9/h10-11,27-33,35-37,51-52H,12-26,48H2,1-9H3,(H,53,54)/t28?,29?,30?,31?,32?,33?,35?,36?,37?,43?,44-,45?,46?,47+/m1/s1. The highest BCUT2D eigenvalue weighted by Crippen LogP contribution is 2.76. The summed E-state index contributed by atoms with van der Waals surface area (Å²) in [5.74, 6) is 3.00. The van der Waals surface area contributed by atoms with Gasteiger partial charge >= 0.3 is 5.97 Å². The molecule has 55 heavy (non-hydrogen) atoms. The molecule has 0 aromatic carbocycles. The van der Waals surface area contributed by atoms with Gasteiger partial charge in [-0.1, -0.05) is 66.2 Å². The molecule has 8 heteroatoms. The van der Waals surface area contributed by atoms with Crippen molar-refractivity contribution < 1.29 is 29.6 Å². The number of nitrogens with zero attached hydrogens (tertiary/aromatic N) is 1. The van der Waals surface area contributed by atoms with Crippen molar-refractivity contribution >= 4 is 11.8 Å². The number of nitrogens with two attached hydrogens (primary N) is 1. The molecule has 7 aliphatic carbocycles. The summed E-state index contributed by atoms with van der Waals surface area (Å²) in [4.78, 5) is 28.7. The molecule has 5 N–H and O–H groups in total. The number of rotatable bonds is 9. The minimum Gasteiger partial charge on any atom is -0.481 e. The van der Waals surface area contributed by atoms with Crippen LogP contribution in [-0.4, -0.2) is 75.6 Å². The summed E-state index contributed by atoms with van der Waals surface area (Å²) in [7, 11) is 0. The highest BCUT2D eigenvalue weighted by molar-refractivity contribution is 6.00. The maximum atomic E-state index is 14.3. The number of likely N-dealkylation sites (tertiary alicyclic amines) is 1. The van der Waals surface area contributed by atoms with Crippen LogP contribution in [0.1, 0.15) is 139 Å². The number of ketones is 1. The Balaban J connectivity index is 1.08. The Morgan fingerprint density at radius 1 is 0.945 bits per heavy atom. The zero-order valence-electron chi connectivity index (χ0n) is 35.6. The smallest absolute Gasteiger partial charge is 0.309 e. The van der Waals surface area contributed by atoms with Gasteiger partial charge in [-0.25, -0.2) is 0 Å². The largest absolute Gasteiger partial charge is 0.481 e. The van der Waals surface area contributed by atoms with Gasteiger partial charge in [0.25, 0.3) is 0 Å². The number of aliphatic carboxylic acids is 1. The van der Waals surface area contributed by atoms with Crippen molar-refractivity contribution in [1.82, 2.24) is 4.90 Å². The number of allylic oxidation sites excluding steroid dienone is 2. The van der Waals surface area contributed by atoms with Crippen molar-refractivity contribution in [2.75, 3.05) is 19.6 Å². The molecule has 14 atom stereocenters. The van der Waals surface area contributed by atoms with Crippen molar-refractivity contribution in [2.24, 2.45) is 79.6 Å². The van der Waals surface area contributed by atoms with E-state index in [0.29, 0.717) is 24.8 Å². The maximum absolute atomic E-state index is 14.3. The van der Waals surface area contributed by atoms with Gasteiger partial charge in [0.05, 0.1) is 17.6 Å². The van der Waals surface area contributed by atoms with Crippen molar-refractivity contribution in [3.8, 4) is 0 Å². The normalized spacial score (nSPS) is 47.2. The average Bonchev–Trinajstić information content (AvgIpc) is 3.69. The fourth-order valence-corrected chi connectivity index (χ4v) is 15.3. The van der Waals surface area contributed by atoms with Crippen LogP contribution in [0.5, 0.6) is 0 Å². The number of aliphatic hydroxyl groups excluding tert-OH is 2. The molecule has 1 saturated heterocycles. The third kappa shape index (κ3) is 5.74. The van der Waals surface area contributed by atoms with E-state index in [4.69, 9.17) is 10.5 Å². The highest BCUT2D eigenvalue weighted by Gasteiger charge is 2.74. The molecule has 8 aliphatic rings. The first-order chi connectivity index (χ1) is 25.5. The second-order valence-corrected chi connectivity index (χ2v) is 22.9. The predicted octanol–water partition coefficient (Wildman–Crippen LogP) is 7.76. The van der Waals surface area contributed by atoms with E-state index in [2.05, 4.69) is 65.5 Å². The van der Waals surface area contributed by atoms with E-state index in [1.54, 1.807) is 13.8 Å². The van der Waals surface area contributed by atoms with Gasteiger partial charge in [-0.15, -0.1) is 0 Å². The van der Waals surface area contributed by atoms with E-state index >= 15 is 0 Å². The van der Waals surface area contributed by atoms with Crippen LogP contribution in [0.2, 0.25) is 0 Å². The lowest BCUT2D eigenvalue weighted by atomic mass is 9.32. The molecule has 0 aromatic heterocycles. The summed E-state index contributed by atoms with van der Waals surface area (Å²) in [6.07, 6.45) is 13.2. The monoisotopic (exact) mass is 763 g/mol. The minimum atomic E-state index is -1.15. The summed E-state index contributed by atoms with van der Waals surface area (Å²) in [5, 5.41) is 33.4. The summed E-state index contributed by atoms with van der Waals surface area (Å²) < 4.78 is 6.41. The van der Waals surface area contributed by atoms with E-state index in [0.717, 1.165) is 94.2 Å². The van der Waals surface area contributed by atoms with E-state index in [1.165, 1.54) is 12.0 Å². The number of fused-ring (bicyclic) bond motifs is 10. The molecule has 0 amide bonds. The Bertz CT molecular complexity index is 1650. The van der Waals surface area contributed by atoms with Gasteiger partial charge in [-0.3, -0.25) is 14.5 Å². The van der Waals surface area contributed by atoms with Gasteiger partial charge in [-0.2, -0.15) is 0 Å². The Morgan fingerprint density at radius 2 is 1.65 bits per heavy atom. The number of β-amino-alcohol motifs (C(OH)–C–C–N with tert-alkyl or cyclic N) is 1. The van der Waals surface area contributed by atoms with Crippen LogP contribution in [0.3, 0.4) is 0 Å². The molecule has 0 spiro atoms. The highest BCUT2D eigenvalue weighted by atomic mass is 16.6. The molecule has 8 rings (SSSR count). The molecule has 6 fully saturated rings. The van der Waals surface area contributed by atoms with E-state index < -0.39 is 34.7 Å². The van der Waals surface area contributed by atoms with Crippen molar-refractivity contribution in [3.63, 3.8) is 0 Å². The summed E-state index contributed by atoms with van der Waals surface area (Å²) >= 11 is 0. The number of carboxylic acids is 1. The molecule has 0 bridgehead atoms. The van der Waals surface area contributed by atoms with Gasteiger partial charge in [0.1, 0.15) is 0 Å². The lowest BCUT2D eigenvalue weighted by molar-refractivity contribution is -0.206. The molecule has 0 radical (unpaired) electrons. The number of hydrogen-bond donors (Lipinski definition) is 4. The molecule has 8 nitrogen and oxygen atoms in total. The Hall–Kier alpha value is -1.58. The SMILES string of the molecule is CC(C)C1=C2C3CC[C@]4(N)C5(C)CCC(OC(O)CC(C)(C)C(=O)O)C(C)(C)CC5CCC4(C)[C@]3(C)CCC2(C(O)CN2CC3C=CC4CC4C3C2)CC1=O. The Labute approximate surface area is 331 Å². The fourth-order valence-electron chi connectivity index (χ4n) is 15.3. The van der Waals surface area contributed by atoms with Crippen LogP contribution in [0.15, 0.2) is 23.3 Å². The van der Waals surface area contributed by atoms with Crippen molar-refractivity contribution in [2.45, 2.75) is 163 Å². The Morgan fingerprint density at radius 3 is 2.35 bits per heavy atom. The summed E-state index contributed by atoms with van der Waals surface area (Å²) in [5.41, 5.74) is 7.77. The third-order valence-corrected chi connectivity index (χ3v) is 19.1. The molecular formula is C47H74N2O6.